The van der Waals surface area contributed by atoms with Crippen LogP contribution in [-0.2, 0) is 21.4 Å². The molecule has 4 fully saturated rings. The van der Waals surface area contributed by atoms with Gasteiger partial charge in [-0.15, -0.1) is 0 Å². The molecule has 0 bridgehead atoms. The molecule has 44 heavy (non-hydrogen) atoms. The summed E-state index contributed by atoms with van der Waals surface area (Å²) < 4.78 is 5.68. The zero-order valence-corrected chi connectivity index (χ0v) is 28.6. The number of para-hydroxylation sites is 1. The fourth-order valence-electron chi connectivity index (χ4n) is 13.0. The Morgan fingerprint density at radius 2 is 1.64 bits per heavy atom. The summed E-state index contributed by atoms with van der Waals surface area (Å²) in [5.74, 6) is 2.12. The third kappa shape index (κ3) is 3.64. The van der Waals surface area contributed by atoms with Gasteiger partial charge in [0.2, 0.25) is 5.91 Å². The molecule has 4 nitrogen and oxygen atoms in total. The lowest BCUT2D eigenvalue weighted by Gasteiger charge is -2.71. The minimum atomic E-state index is -0.228. The first-order chi connectivity index (χ1) is 20.8. The molecule has 4 heteroatoms. The smallest absolute Gasteiger partial charge is 0.229 e. The number of hydrogen-bond acceptors (Lipinski definition) is 2. The molecule has 5 aliphatic carbocycles. The third-order valence-corrected chi connectivity index (χ3v) is 15.5. The number of amides is 1. The fraction of sp³-hybridized carbons (Fsp3) is 0.725. The Bertz CT molecular complexity index is 1540. The normalized spacial score (nSPS) is 42.3. The summed E-state index contributed by atoms with van der Waals surface area (Å²) >= 11 is 0. The van der Waals surface area contributed by atoms with Crippen molar-refractivity contribution in [2.24, 2.45) is 44.8 Å². The maximum atomic E-state index is 14.6. The van der Waals surface area contributed by atoms with E-state index in [2.05, 4.69) is 88.7 Å². The molecule has 1 aliphatic heterocycles. The standard InChI is InChI=1S/C40H56N2O2/c1-35(2)16-18-40(34(43)42-20-22-44-23-21-42)19-17-38(6)28(29(40)25-35)12-13-32-37(5)24-27-26-10-8-9-11-30(26)41-33(27)36(3,4)31(37)14-15-39(32,38)7/h8-12,29,31-32,41H,13-25H2,1-7H3/t29-,31-,32+,37-,38+,39+,40-/m0/s1. The van der Waals surface area contributed by atoms with Gasteiger partial charge in [0.15, 0.2) is 0 Å². The zero-order valence-electron chi connectivity index (χ0n) is 28.6. The fourth-order valence-corrected chi connectivity index (χ4v) is 13.0. The van der Waals surface area contributed by atoms with Crippen LogP contribution in [0.4, 0.5) is 0 Å². The Labute approximate surface area is 265 Å². The molecule has 2 aromatic rings. The predicted octanol–water partition coefficient (Wildman–Crippen LogP) is 8.84. The zero-order chi connectivity index (χ0) is 30.9. The van der Waals surface area contributed by atoms with E-state index in [9.17, 15) is 4.79 Å². The number of fused-ring (bicyclic) bond motifs is 10. The van der Waals surface area contributed by atoms with Crippen molar-refractivity contribution in [3.05, 3.63) is 47.2 Å². The molecule has 1 N–H and O–H groups in total. The second-order valence-corrected chi connectivity index (χ2v) is 18.2. The van der Waals surface area contributed by atoms with E-state index in [0.29, 0.717) is 36.9 Å². The minimum absolute atomic E-state index is 0.118. The van der Waals surface area contributed by atoms with Crippen LogP contribution in [0.3, 0.4) is 0 Å². The van der Waals surface area contributed by atoms with Crippen LogP contribution >= 0.6 is 0 Å². The molecule has 3 saturated carbocycles. The molecular weight excluding hydrogens is 540 g/mol. The molecule has 1 aromatic heterocycles. The predicted molar refractivity (Wildman–Crippen MR) is 178 cm³/mol. The lowest BCUT2D eigenvalue weighted by Crippen LogP contribution is -2.65. The van der Waals surface area contributed by atoms with Crippen molar-refractivity contribution in [1.29, 1.82) is 0 Å². The van der Waals surface area contributed by atoms with Crippen molar-refractivity contribution < 1.29 is 9.53 Å². The summed E-state index contributed by atoms with van der Waals surface area (Å²) in [6.45, 7) is 20.9. The quantitative estimate of drug-likeness (QED) is 0.334. The molecule has 238 valence electrons. The molecular formula is C40H56N2O2. The number of ether oxygens (including phenoxy) is 1. The van der Waals surface area contributed by atoms with Crippen LogP contribution in [-0.4, -0.2) is 42.1 Å². The Kier molecular flexibility index (Phi) is 6.18. The molecule has 1 amide bonds. The van der Waals surface area contributed by atoms with E-state index in [1.807, 2.05) is 0 Å². The Morgan fingerprint density at radius 1 is 0.909 bits per heavy atom. The van der Waals surface area contributed by atoms with E-state index in [1.165, 1.54) is 42.3 Å². The Balaban J connectivity index is 1.22. The number of hydrogen-bond donors (Lipinski definition) is 1. The molecule has 0 radical (unpaired) electrons. The summed E-state index contributed by atoms with van der Waals surface area (Å²) in [6, 6.07) is 9.02. The number of allylic oxidation sites excluding steroid dienone is 2. The van der Waals surface area contributed by atoms with E-state index >= 15 is 0 Å². The summed E-state index contributed by atoms with van der Waals surface area (Å²) in [7, 11) is 0. The Hall–Kier alpha value is -2.07. The van der Waals surface area contributed by atoms with Crippen molar-refractivity contribution in [1.82, 2.24) is 9.88 Å². The monoisotopic (exact) mass is 596 g/mol. The molecule has 2 heterocycles. The number of carbonyl (C=O) groups is 1. The largest absolute Gasteiger partial charge is 0.378 e. The summed E-state index contributed by atoms with van der Waals surface area (Å²) in [5.41, 5.74) is 6.85. The second kappa shape index (κ2) is 9.26. The van der Waals surface area contributed by atoms with Crippen molar-refractivity contribution in [2.45, 2.75) is 112 Å². The first-order valence-electron chi connectivity index (χ1n) is 17.9. The van der Waals surface area contributed by atoms with Crippen molar-refractivity contribution in [3.63, 3.8) is 0 Å². The number of benzene rings is 1. The van der Waals surface area contributed by atoms with Crippen molar-refractivity contribution >= 4 is 16.8 Å². The molecule has 1 saturated heterocycles. The van der Waals surface area contributed by atoms with Gasteiger partial charge in [0.25, 0.3) is 0 Å². The van der Waals surface area contributed by atoms with Crippen LogP contribution < -0.4 is 0 Å². The average Bonchev–Trinajstić information content (AvgIpc) is 3.36. The number of rotatable bonds is 1. The van der Waals surface area contributed by atoms with Gasteiger partial charge in [-0.25, -0.2) is 0 Å². The summed E-state index contributed by atoms with van der Waals surface area (Å²) in [5, 5.41) is 1.44. The highest BCUT2D eigenvalue weighted by Gasteiger charge is 2.69. The van der Waals surface area contributed by atoms with E-state index in [1.54, 1.807) is 11.1 Å². The number of aromatic amines is 1. The van der Waals surface area contributed by atoms with E-state index in [-0.39, 0.29) is 32.5 Å². The topological polar surface area (TPSA) is 45.3 Å². The van der Waals surface area contributed by atoms with Gasteiger partial charge in [0.05, 0.1) is 18.6 Å². The number of nitrogens with one attached hydrogen (secondary N) is 1. The van der Waals surface area contributed by atoms with Crippen LogP contribution in [0.2, 0.25) is 0 Å². The van der Waals surface area contributed by atoms with Gasteiger partial charge in [-0.3, -0.25) is 4.79 Å². The lowest BCUT2D eigenvalue weighted by atomic mass is 9.33. The van der Waals surface area contributed by atoms with E-state index in [4.69, 9.17) is 4.74 Å². The van der Waals surface area contributed by atoms with Crippen LogP contribution in [0.5, 0.6) is 0 Å². The average molecular weight is 597 g/mol. The van der Waals surface area contributed by atoms with E-state index < -0.39 is 0 Å². The highest BCUT2D eigenvalue weighted by atomic mass is 16.5. The number of morpholine rings is 1. The first-order valence-corrected chi connectivity index (χ1v) is 17.9. The maximum absolute atomic E-state index is 14.6. The van der Waals surface area contributed by atoms with Gasteiger partial charge in [-0.1, -0.05) is 78.3 Å². The maximum Gasteiger partial charge on any atom is 0.229 e. The van der Waals surface area contributed by atoms with Crippen molar-refractivity contribution in [2.75, 3.05) is 26.3 Å². The molecule has 1 aromatic carbocycles. The number of H-pyrrole nitrogens is 1. The minimum Gasteiger partial charge on any atom is -0.378 e. The highest BCUT2D eigenvalue weighted by Crippen LogP contribution is 2.75. The van der Waals surface area contributed by atoms with Gasteiger partial charge in [0, 0.05) is 35.1 Å². The van der Waals surface area contributed by atoms with Gasteiger partial charge in [0.1, 0.15) is 0 Å². The van der Waals surface area contributed by atoms with Gasteiger partial charge >= 0.3 is 0 Å². The van der Waals surface area contributed by atoms with Gasteiger partial charge in [-0.05, 0) is 109 Å². The lowest BCUT2D eigenvalue weighted by molar-refractivity contribution is -0.174. The number of carbonyl (C=O) groups excluding carboxylic acids is 1. The molecule has 8 rings (SSSR count). The highest BCUT2D eigenvalue weighted by molar-refractivity contribution is 5.86. The second-order valence-electron chi connectivity index (χ2n) is 18.2. The van der Waals surface area contributed by atoms with Crippen LogP contribution in [0.15, 0.2) is 35.9 Å². The number of nitrogens with zero attached hydrogens (tertiary/aromatic N) is 1. The molecule has 7 atom stereocenters. The number of aromatic nitrogens is 1. The molecule has 6 aliphatic rings. The summed E-state index contributed by atoms with van der Waals surface area (Å²) in [6.07, 6.45) is 13.2. The molecule has 0 spiro atoms. The summed E-state index contributed by atoms with van der Waals surface area (Å²) in [4.78, 5) is 20.7. The third-order valence-electron chi connectivity index (χ3n) is 15.5. The van der Waals surface area contributed by atoms with Crippen LogP contribution in [0.25, 0.3) is 10.9 Å². The first kappa shape index (κ1) is 29.3. The van der Waals surface area contributed by atoms with Gasteiger partial charge in [-0.2, -0.15) is 0 Å². The van der Waals surface area contributed by atoms with E-state index in [0.717, 1.165) is 45.2 Å². The Morgan fingerprint density at radius 3 is 2.41 bits per heavy atom. The SMILES string of the molecule is CC1(C)CC[C@]2(C(=O)N3CCOCC3)CC[C@]3(C)C(=CC[C@@H]4[C@@]5(C)Cc6c([nH]c7ccccc67)C(C)(C)[C@@H]5CC[C@]43C)[C@@H]2C1. The van der Waals surface area contributed by atoms with Crippen molar-refractivity contribution in [3.8, 4) is 0 Å². The molecule has 0 unspecified atom stereocenters. The van der Waals surface area contributed by atoms with Gasteiger partial charge < -0.3 is 14.6 Å². The van der Waals surface area contributed by atoms with Crippen LogP contribution in [0, 0.1) is 44.8 Å². The van der Waals surface area contributed by atoms with Crippen LogP contribution in [0.1, 0.15) is 111 Å².